The molecular formula is C15H18N4O. The van der Waals surface area contributed by atoms with Gasteiger partial charge in [-0.2, -0.15) is 0 Å². The van der Waals surface area contributed by atoms with E-state index >= 15 is 0 Å². The van der Waals surface area contributed by atoms with E-state index in [-0.39, 0.29) is 5.91 Å². The van der Waals surface area contributed by atoms with Crippen LogP contribution >= 0.6 is 0 Å². The fourth-order valence-electron chi connectivity index (χ4n) is 1.95. The Kier molecular flexibility index (Phi) is 4.32. The van der Waals surface area contributed by atoms with Crippen LogP contribution in [0.25, 0.3) is 0 Å². The largest absolute Gasteiger partial charge is 0.348 e. The Morgan fingerprint density at radius 2 is 2.10 bits per heavy atom. The van der Waals surface area contributed by atoms with E-state index in [0.717, 1.165) is 16.7 Å². The Bertz CT molecular complexity index is 625. The lowest BCUT2D eigenvalue weighted by Crippen LogP contribution is -2.25. The molecule has 0 bridgehead atoms. The highest BCUT2D eigenvalue weighted by molar-refractivity contribution is 5.99. The summed E-state index contributed by atoms with van der Waals surface area (Å²) in [6.45, 7) is 4.38. The minimum atomic E-state index is -0.158. The molecule has 0 aliphatic carbocycles. The van der Waals surface area contributed by atoms with Crippen LogP contribution in [-0.4, -0.2) is 10.9 Å². The van der Waals surface area contributed by atoms with Crippen molar-refractivity contribution < 1.29 is 4.79 Å². The first-order valence-electron chi connectivity index (χ1n) is 6.37. The number of nitrogens with two attached hydrogens (primary N) is 1. The third kappa shape index (κ3) is 3.13. The van der Waals surface area contributed by atoms with E-state index in [1.54, 1.807) is 18.5 Å². The second-order valence-corrected chi connectivity index (χ2v) is 4.68. The van der Waals surface area contributed by atoms with Gasteiger partial charge in [0, 0.05) is 18.9 Å². The van der Waals surface area contributed by atoms with Gasteiger partial charge in [-0.25, -0.2) is 0 Å². The zero-order valence-electron chi connectivity index (χ0n) is 11.6. The number of hydrogen-bond donors (Lipinski definition) is 3. The first kappa shape index (κ1) is 14.0. The van der Waals surface area contributed by atoms with Crippen molar-refractivity contribution in [2.45, 2.75) is 20.4 Å². The van der Waals surface area contributed by atoms with Crippen molar-refractivity contribution in [3.63, 3.8) is 0 Å². The molecule has 1 amide bonds. The SMILES string of the molecule is Cc1ccc(C(=O)NCc2ccncc2C)c(NN)c1. The van der Waals surface area contributed by atoms with Crippen LogP contribution in [0.1, 0.15) is 27.0 Å². The quantitative estimate of drug-likeness (QED) is 0.585. The number of pyridine rings is 1. The van der Waals surface area contributed by atoms with Gasteiger partial charge >= 0.3 is 0 Å². The van der Waals surface area contributed by atoms with Crippen LogP contribution < -0.4 is 16.6 Å². The number of rotatable bonds is 4. The van der Waals surface area contributed by atoms with E-state index in [2.05, 4.69) is 15.7 Å². The van der Waals surface area contributed by atoms with Gasteiger partial charge in [-0.3, -0.25) is 15.6 Å². The van der Waals surface area contributed by atoms with Crippen LogP contribution in [0, 0.1) is 13.8 Å². The number of hydrogen-bond acceptors (Lipinski definition) is 4. The number of hydrazine groups is 1. The minimum Gasteiger partial charge on any atom is -0.348 e. The van der Waals surface area contributed by atoms with Crippen LogP contribution in [0.5, 0.6) is 0 Å². The van der Waals surface area contributed by atoms with E-state index in [4.69, 9.17) is 5.84 Å². The maximum Gasteiger partial charge on any atom is 0.253 e. The highest BCUT2D eigenvalue weighted by atomic mass is 16.1. The van der Waals surface area contributed by atoms with Crippen molar-refractivity contribution in [2.24, 2.45) is 5.84 Å². The second kappa shape index (κ2) is 6.16. The van der Waals surface area contributed by atoms with E-state index < -0.39 is 0 Å². The Labute approximate surface area is 118 Å². The summed E-state index contributed by atoms with van der Waals surface area (Å²) >= 11 is 0. The third-order valence-corrected chi connectivity index (χ3v) is 3.15. The molecule has 0 unspecified atom stereocenters. The third-order valence-electron chi connectivity index (χ3n) is 3.15. The zero-order valence-corrected chi connectivity index (χ0v) is 11.6. The molecular weight excluding hydrogens is 252 g/mol. The Balaban J connectivity index is 2.11. The highest BCUT2D eigenvalue weighted by Gasteiger charge is 2.11. The summed E-state index contributed by atoms with van der Waals surface area (Å²) in [5.41, 5.74) is 6.84. The average Bonchev–Trinajstić information content (AvgIpc) is 2.46. The molecule has 104 valence electrons. The fourth-order valence-corrected chi connectivity index (χ4v) is 1.95. The number of anilines is 1. The summed E-state index contributed by atoms with van der Waals surface area (Å²) in [4.78, 5) is 16.2. The molecule has 0 spiro atoms. The number of aromatic nitrogens is 1. The number of carbonyl (C=O) groups excluding carboxylic acids is 1. The fraction of sp³-hybridized carbons (Fsp3) is 0.200. The van der Waals surface area contributed by atoms with Gasteiger partial charge in [0.05, 0.1) is 11.3 Å². The van der Waals surface area contributed by atoms with E-state index in [1.807, 2.05) is 32.0 Å². The van der Waals surface area contributed by atoms with Gasteiger partial charge in [-0.1, -0.05) is 6.07 Å². The number of carbonyl (C=O) groups is 1. The first-order chi connectivity index (χ1) is 9.61. The lowest BCUT2D eigenvalue weighted by Gasteiger charge is -2.11. The van der Waals surface area contributed by atoms with Crippen molar-refractivity contribution in [1.82, 2.24) is 10.3 Å². The summed E-state index contributed by atoms with van der Waals surface area (Å²) in [6, 6.07) is 7.38. The summed E-state index contributed by atoms with van der Waals surface area (Å²) in [5.74, 6) is 5.29. The second-order valence-electron chi connectivity index (χ2n) is 4.68. The van der Waals surface area contributed by atoms with Crippen molar-refractivity contribution in [3.8, 4) is 0 Å². The lowest BCUT2D eigenvalue weighted by atomic mass is 10.1. The molecule has 0 saturated heterocycles. The van der Waals surface area contributed by atoms with Crippen LogP contribution in [0.3, 0.4) is 0 Å². The summed E-state index contributed by atoms with van der Waals surface area (Å²) < 4.78 is 0. The summed E-state index contributed by atoms with van der Waals surface area (Å²) in [5, 5.41) is 2.89. The smallest absolute Gasteiger partial charge is 0.253 e. The van der Waals surface area contributed by atoms with Crippen molar-refractivity contribution >= 4 is 11.6 Å². The van der Waals surface area contributed by atoms with E-state index in [1.165, 1.54) is 0 Å². The molecule has 20 heavy (non-hydrogen) atoms. The van der Waals surface area contributed by atoms with Crippen LogP contribution in [-0.2, 0) is 6.54 Å². The molecule has 2 aromatic rings. The van der Waals surface area contributed by atoms with Crippen molar-refractivity contribution in [1.29, 1.82) is 0 Å². The van der Waals surface area contributed by atoms with Gasteiger partial charge in [-0.05, 0) is 48.7 Å². The van der Waals surface area contributed by atoms with Crippen molar-refractivity contribution in [3.05, 3.63) is 58.9 Å². The molecule has 0 radical (unpaired) electrons. The molecule has 2 rings (SSSR count). The molecule has 4 N–H and O–H groups in total. The monoisotopic (exact) mass is 270 g/mol. The van der Waals surface area contributed by atoms with Gasteiger partial charge in [0.2, 0.25) is 0 Å². The van der Waals surface area contributed by atoms with Gasteiger partial charge in [0.25, 0.3) is 5.91 Å². The van der Waals surface area contributed by atoms with Gasteiger partial charge in [-0.15, -0.1) is 0 Å². The Morgan fingerprint density at radius 1 is 1.30 bits per heavy atom. The topological polar surface area (TPSA) is 80.0 Å². The van der Waals surface area contributed by atoms with Gasteiger partial charge in [0.1, 0.15) is 0 Å². The molecule has 0 fully saturated rings. The van der Waals surface area contributed by atoms with Crippen LogP contribution in [0.4, 0.5) is 5.69 Å². The van der Waals surface area contributed by atoms with Crippen molar-refractivity contribution in [2.75, 3.05) is 5.43 Å². The molecule has 0 atom stereocenters. The zero-order chi connectivity index (χ0) is 14.5. The number of aryl methyl sites for hydroxylation is 2. The minimum absolute atomic E-state index is 0.158. The summed E-state index contributed by atoms with van der Waals surface area (Å²) in [6.07, 6.45) is 3.49. The molecule has 1 aromatic carbocycles. The van der Waals surface area contributed by atoms with Crippen LogP contribution in [0.15, 0.2) is 36.7 Å². The highest BCUT2D eigenvalue weighted by Crippen LogP contribution is 2.16. The normalized spacial score (nSPS) is 10.2. The standard InChI is InChI=1S/C15H18N4O/c1-10-3-4-13(14(7-10)19-16)15(20)18-9-12-5-6-17-8-11(12)2/h3-8,19H,9,16H2,1-2H3,(H,18,20). The number of amides is 1. The summed E-state index contributed by atoms with van der Waals surface area (Å²) in [7, 11) is 0. The maximum absolute atomic E-state index is 12.2. The van der Waals surface area contributed by atoms with Crippen LogP contribution in [0.2, 0.25) is 0 Å². The maximum atomic E-state index is 12.2. The van der Waals surface area contributed by atoms with E-state index in [0.29, 0.717) is 17.8 Å². The predicted octanol–water partition coefficient (Wildman–Crippen LogP) is 1.91. The molecule has 0 aliphatic heterocycles. The van der Waals surface area contributed by atoms with Gasteiger partial charge < -0.3 is 10.7 Å². The average molecular weight is 270 g/mol. The number of nitrogen functional groups attached to an aromatic ring is 1. The molecule has 0 aliphatic rings. The van der Waals surface area contributed by atoms with E-state index in [9.17, 15) is 4.79 Å². The Morgan fingerprint density at radius 3 is 2.80 bits per heavy atom. The Hall–Kier alpha value is -2.40. The lowest BCUT2D eigenvalue weighted by molar-refractivity contribution is 0.0951. The number of nitrogens with zero attached hydrogens (tertiary/aromatic N) is 1. The number of nitrogens with one attached hydrogen (secondary N) is 2. The predicted molar refractivity (Wildman–Crippen MR) is 79.1 cm³/mol. The molecule has 1 aromatic heterocycles. The first-order valence-corrected chi connectivity index (χ1v) is 6.37. The van der Waals surface area contributed by atoms with Gasteiger partial charge in [0.15, 0.2) is 0 Å². The molecule has 0 saturated carbocycles. The number of benzene rings is 1. The molecule has 1 heterocycles. The molecule has 5 nitrogen and oxygen atoms in total. The molecule has 5 heteroatoms.